The maximum atomic E-state index is 5.18. The van der Waals surface area contributed by atoms with Crippen molar-refractivity contribution in [2.24, 2.45) is 0 Å². The minimum atomic E-state index is 0.714. The van der Waals surface area contributed by atoms with E-state index in [2.05, 4.69) is 179 Å². The molecule has 5 heteroatoms. The molecule has 0 saturated carbocycles. The summed E-state index contributed by atoms with van der Waals surface area (Å²) < 4.78 is 7.57. The van der Waals surface area contributed by atoms with Crippen LogP contribution in [0.1, 0.15) is 0 Å². The summed E-state index contributed by atoms with van der Waals surface area (Å²) in [5.74, 6) is 0.714. The van der Waals surface area contributed by atoms with Crippen LogP contribution in [0.4, 0.5) is 0 Å². The van der Waals surface area contributed by atoms with E-state index in [0.29, 0.717) is 5.82 Å². The molecule has 0 amide bonds. The van der Waals surface area contributed by atoms with Crippen LogP contribution in [0, 0.1) is 0 Å². The number of thiophene rings is 1. The molecule has 0 N–H and O–H groups in total. The minimum absolute atomic E-state index is 0.714. The van der Waals surface area contributed by atoms with Crippen LogP contribution >= 0.6 is 11.3 Å². The number of hydrogen-bond acceptors (Lipinski definition) is 3. The van der Waals surface area contributed by atoms with Crippen molar-refractivity contribution in [1.82, 2.24) is 19.1 Å². The van der Waals surface area contributed by atoms with Gasteiger partial charge in [-0.3, -0.25) is 0 Å². The first-order valence-electron chi connectivity index (χ1n) is 18.6. The average Bonchev–Trinajstić information content (AvgIpc) is 3.92. The van der Waals surface area contributed by atoms with E-state index in [0.717, 1.165) is 39.1 Å². The molecule has 0 bridgehead atoms. The summed E-state index contributed by atoms with van der Waals surface area (Å²) in [5.41, 5.74) is 11.0. The third kappa shape index (κ3) is 4.39. The van der Waals surface area contributed by atoms with Gasteiger partial charge < -0.3 is 9.13 Å². The van der Waals surface area contributed by atoms with Gasteiger partial charge in [0.25, 0.3) is 0 Å². The van der Waals surface area contributed by atoms with Gasteiger partial charge in [-0.05, 0) is 60.7 Å². The Morgan fingerprint density at radius 1 is 0.382 bits per heavy atom. The molecule has 8 aromatic carbocycles. The van der Waals surface area contributed by atoms with E-state index < -0.39 is 0 Å². The fraction of sp³-hybridized carbons (Fsp3) is 0. The molecule has 256 valence electrons. The summed E-state index contributed by atoms with van der Waals surface area (Å²) in [6, 6.07) is 65.0. The van der Waals surface area contributed by atoms with Gasteiger partial charge in [-0.2, -0.15) is 0 Å². The molecule has 4 nitrogen and oxygen atoms in total. The summed E-state index contributed by atoms with van der Waals surface area (Å²) in [6.45, 7) is 0. The third-order valence-electron chi connectivity index (χ3n) is 11.1. The Morgan fingerprint density at radius 2 is 0.945 bits per heavy atom. The van der Waals surface area contributed by atoms with E-state index in [1.54, 1.807) is 0 Å². The average molecular weight is 719 g/mol. The predicted molar refractivity (Wildman–Crippen MR) is 232 cm³/mol. The number of benzene rings is 8. The van der Waals surface area contributed by atoms with Crippen LogP contribution in [-0.4, -0.2) is 19.1 Å². The lowest BCUT2D eigenvalue weighted by Gasteiger charge is -2.12. The number of para-hydroxylation sites is 4. The maximum absolute atomic E-state index is 5.18. The molecular formula is C50H30N4S. The zero-order valence-corrected chi connectivity index (χ0v) is 30.3. The second kappa shape index (κ2) is 11.7. The van der Waals surface area contributed by atoms with Crippen LogP contribution in [0.15, 0.2) is 182 Å². The van der Waals surface area contributed by atoms with E-state index in [1.807, 2.05) is 23.5 Å². The molecule has 0 aliphatic carbocycles. The third-order valence-corrected chi connectivity index (χ3v) is 12.3. The Bertz CT molecular complexity index is 3470. The quantitative estimate of drug-likeness (QED) is 0.182. The molecular weight excluding hydrogens is 689 g/mol. The van der Waals surface area contributed by atoms with Crippen LogP contribution < -0.4 is 0 Å². The molecule has 0 aliphatic heterocycles. The predicted octanol–water partition coefficient (Wildman–Crippen LogP) is 13.5. The van der Waals surface area contributed by atoms with Gasteiger partial charge in [-0.1, -0.05) is 121 Å². The first-order chi connectivity index (χ1) is 27.3. The van der Waals surface area contributed by atoms with Crippen molar-refractivity contribution in [2.75, 3.05) is 0 Å². The molecule has 12 aromatic rings. The molecule has 4 aromatic heterocycles. The molecule has 0 unspecified atom stereocenters. The molecule has 0 aliphatic rings. The minimum Gasteiger partial charge on any atom is -0.309 e. The molecule has 0 saturated heterocycles. The highest BCUT2D eigenvalue weighted by molar-refractivity contribution is 7.27. The van der Waals surface area contributed by atoms with Gasteiger partial charge in [-0.15, -0.1) is 11.3 Å². The number of nitrogens with zero attached hydrogens (tertiary/aromatic N) is 4. The number of rotatable bonds is 4. The van der Waals surface area contributed by atoms with E-state index >= 15 is 0 Å². The first-order valence-corrected chi connectivity index (χ1v) is 19.4. The van der Waals surface area contributed by atoms with E-state index in [-0.39, 0.29) is 0 Å². The van der Waals surface area contributed by atoms with Gasteiger partial charge in [0.1, 0.15) is 0 Å². The highest BCUT2D eigenvalue weighted by atomic mass is 32.1. The van der Waals surface area contributed by atoms with Crippen molar-refractivity contribution >= 4 is 86.0 Å². The molecule has 0 spiro atoms. The Kier molecular flexibility index (Phi) is 6.47. The smallest absolute Gasteiger partial charge is 0.160 e. The maximum Gasteiger partial charge on any atom is 0.160 e. The van der Waals surface area contributed by atoms with Gasteiger partial charge in [0, 0.05) is 64.9 Å². The van der Waals surface area contributed by atoms with Gasteiger partial charge in [-0.25, -0.2) is 9.97 Å². The normalized spacial score (nSPS) is 12.0. The first kappa shape index (κ1) is 30.4. The highest BCUT2D eigenvalue weighted by Gasteiger charge is 2.26. The molecule has 0 fully saturated rings. The van der Waals surface area contributed by atoms with Gasteiger partial charge in [0.2, 0.25) is 0 Å². The zero-order valence-electron chi connectivity index (χ0n) is 29.5. The van der Waals surface area contributed by atoms with Crippen molar-refractivity contribution < 1.29 is 0 Å². The molecule has 4 heterocycles. The summed E-state index contributed by atoms with van der Waals surface area (Å²) >= 11 is 1.90. The lowest BCUT2D eigenvalue weighted by Crippen LogP contribution is -1.97. The fourth-order valence-corrected chi connectivity index (χ4v) is 10.0. The number of hydrogen-bond donors (Lipinski definition) is 0. The molecule has 0 radical (unpaired) electrons. The number of fused-ring (bicyclic) bond motifs is 13. The van der Waals surface area contributed by atoms with Crippen molar-refractivity contribution in [3.8, 4) is 34.0 Å². The topological polar surface area (TPSA) is 35.6 Å². The summed E-state index contributed by atoms with van der Waals surface area (Å²) in [4.78, 5) is 10.2. The Balaban J connectivity index is 1.19. The van der Waals surface area contributed by atoms with Gasteiger partial charge in [0.05, 0.1) is 38.0 Å². The standard InChI is InChI=1S/C50H30N4S/c1-3-15-31(16-4-1)46-35-19-7-11-23-39(35)51-50(52-46)32-27-29-34(30-28-32)53-40-24-12-8-20-36(40)43-44-38-22-10-14-26-42(38)55-49(44)48-45(47(43)53)37-21-9-13-25-41(37)54(48)33-17-5-2-6-18-33/h1-30H. The second-order valence-electron chi connectivity index (χ2n) is 14.1. The Labute approximate surface area is 319 Å². The van der Waals surface area contributed by atoms with Crippen molar-refractivity contribution in [2.45, 2.75) is 0 Å². The van der Waals surface area contributed by atoms with Crippen molar-refractivity contribution in [3.63, 3.8) is 0 Å². The van der Waals surface area contributed by atoms with Crippen LogP contribution in [0.5, 0.6) is 0 Å². The van der Waals surface area contributed by atoms with Gasteiger partial charge in [0.15, 0.2) is 5.82 Å². The molecule has 12 rings (SSSR count). The SMILES string of the molecule is c1ccc(-c2nc(-c3ccc(-n4c5ccccc5c5c6c7ccccc7sc6c6c(c7ccccc7n6-c6ccccc6)c54)cc3)nc3ccccc23)cc1. The molecule has 55 heavy (non-hydrogen) atoms. The van der Waals surface area contributed by atoms with Crippen LogP contribution in [0.25, 0.3) is 109 Å². The van der Waals surface area contributed by atoms with Crippen molar-refractivity contribution in [1.29, 1.82) is 0 Å². The van der Waals surface area contributed by atoms with Gasteiger partial charge >= 0.3 is 0 Å². The largest absolute Gasteiger partial charge is 0.309 e. The second-order valence-corrected chi connectivity index (χ2v) is 15.2. The van der Waals surface area contributed by atoms with E-state index in [1.165, 1.54) is 63.8 Å². The Hall–Kier alpha value is -7.08. The van der Waals surface area contributed by atoms with Crippen molar-refractivity contribution in [3.05, 3.63) is 182 Å². The lowest BCUT2D eigenvalue weighted by atomic mass is 10.0. The zero-order chi connectivity index (χ0) is 36.0. The number of aromatic nitrogens is 4. The summed E-state index contributed by atoms with van der Waals surface area (Å²) in [5, 5.41) is 8.70. The summed E-state index contributed by atoms with van der Waals surface area (Å²) in [7, 11) is 0. The highest BCUT2D eigenvalue weighted by Crippen LogP contribution is 2.51. The van der Waals surface area contributed by atoms with Crippen LogP contribution in [-0.2, 0) is 0 Å². The lowest BCUT2D eigenvalue weighted by molar-refractivity contribution is 1.18. The van der Waals surface area contributed by atoms with E-state index in [4.69, 9.17) is 9.97 Å². The fourth-order valence-electron chi connectivity index (χ4n) is 8.78. The van der Waals surface area contributed by atoms with Crippen LogP contribution in [0.2, 0.25) is 0 Å². The summed E-state index contributed by atoms with van der Waals surface area (Å²) in [6.07, 6.45) is 0. The monoisotopic (exact) mass is 718 g/mol. The molecule has 0 atom stereocenters. The Morgan fingerprint density at radius 3 is 1.69 bits per heavy atom. The van der Waals surface area contributed by atoms with Crippen LogP contribution in [0.3, 0.4) is 0 Å². The van der Waals surface area contributed by atoms with E-state index in [9.17, 15) is 0 Å².